The van der Waals surface area contributed by atoms with Gasteiger partial charge in [-0.3, -0.25) is 14.3 Å². The zero-order valence-corrected chi connectivity index (χ0v) is 19.2. The molecular weight excluding hydrogens is 452 g/mol. The van der Waals surface area contributed by atoms with Crippen molar-refractivity contribution >= 4 is 34.2 Å². The van der Waals surface area contributed by atoms with E-state index in [1.54, 1.807) is 30.1 Å². The molecule has 1 aromatic heterocycles. The molecular formula is C23H24ClF2N5O2. The Morgan fingerprint density at radius 2 is 1.97 bits per heavy atom. The van der Waals surface area contributed by atoms with Crippen molar-refractivity contribution in [2.75, 3.05) is 25.0 Å². The van der Waals surface area contributed by atoms with E-state index in [0.29, 0.717) is 41.4 Å². The van der Waals surface area contributed by atoms with Gasteiger partial charge < -0.3 is 10.2 Å². The van der Waals surface area contributed by atoms with E-state index in [-0.39, 0.29) is 23.3 Å². The maximum absolute atomic E-state index is 13.9. The topological polar surface area (TPSA) is 70.5 Å². The molecule has 0 spiro atoms. The number of carbonyl (C=O) groups excluding carboxylic acids is 1. The van der Waals surface area contributed by atoms with E-state index < -0.39 is 17.7 Å². The number of anilines is 1. The van der Waals surface area contributed by atoms with Crippen molar-refractivity contribution in [1.82, 2.24) is 19.4 Å². The fourth-order valence-electron chi connectivity index (χ4n) is 4.21. The molecule has 4 rings (SSSR count). The van der Waals surface area contributed by atoms with Crippen molar-refractivity contribution in [3.63, 3.8) is 0 Å². The van der Waals surface area contributed by atoms with E-state index in [1.165, 1.54) is 10.6 Å². The summed E-state index contributed by atoms with van der Waals surface area (Å²) in [6.07, 6.45) is 0. The van der Waals surface area contributed by atoms with Gasteiger partial charge in [-0.25, -0.2) is 18.6 Å². The van der Waals surface area contributed by atoms with Gasteiger partial charge in [-0.2, -0.15) is 0 Å². The number of nitrogens with one attached hydrogen (secondary N) is 1. The van der Waals surface area contributed by atoms with Crippen LogP contribution in [0.25, 0.3) is 10.9 Å². The number of fused-ring (bicyclic) bond motifs is 1. The van der Waals surface area contributed by atoms with Crippen molar-refractivity contribution < 1.29 is 13.6 Å². The average molecular weight is 476 g/mol. The summed E-state index contributed by atoms with van der Waals surface area (Å²) < 4.78 is 28.6. The van der Waals surface area contributed by atoms with Gasteiger partial charge in [0.1, 0.15) is 17.5 Å². The van der Waals surface area contributed by atoms with E-state index in [4.69, 9.17) is 16.6 Å². The summed E-state index contributed by atoms with van der Waals surface area (Å²) in [5, 5.41) is 3.45. The molecule has 0 bridgehead atoms. The molecule has 0 radical (unpaired) electrons. The molecule has 1 aliphatic heterocycles. The maximum atomic E-state index is 13.9. The Labute approximate surface area is 194 Å². The summed E-state index contributed by atoms with van der Waals surface area (Å²) in [6.45, 7) is 5.35. The number of aromatic nitrogens is 2. The van der Waals surface area contributed by atoms with E-state index in [0.717, 1.165) is 12.1 Å². The van der Waals surface area contributed by atoms with Crippen molar-refractivity contribution in [2.24, 2.45) is 7.05 Å². The number of piperazine rings is 1. The summed E-state index contributed by atoms with van der Waals surface area (Å²) in [5.74, 6) is -0.914. The van der Waals surface area contributed by atoms with Crippen LogP contribution >= 0.6 is 11.6 Å². The Balaban J connectivity index is 1.49. The SMILES string of the molecule is CC(c1nc2ccc(Cl)cc2c(=O)n1C)N1CCN(C(=O)Nc2ccc(F)cc2F)C(C)C1. The lowest BCUT2D eigenvalue weighted by Crippen LogP contribution is -2.55. The number of halogens is 3. The molecule has 0 aliphatic carbocycles. The predicted molar refractivity (Wildman–Crippen MR) is 124 cm³/mol. The van der Waals surface area contributed by atoms with Crippen LogP contribution in [0.1, 0.15) is 25.7 Å². The summed E-state index contributed by atoms with van der Waals surface area (Å²) in [4.78, 5) is 34.0. The number of rotatable bonds is 3. The molecule has 1 aliphatic rings. The monoisotopic (exact) mass is 475 g/mol. The lowest BCUT2D eigenvalue weighted by molar-refractivity contribution is 0.0796. The quantitative estimate of drug-likeness (QED) is 0.617. The van der Waals surface area contributed by atoms with Crippen molar-refractivity contribution in [3.8, 4) is 0 Å². The zero-order chi connectivity index (χ0) is 23.9. The number of amides is 2. The summed E-state index contributed by atoms with van der Waals surface area (Å²) in [6, 6.07) is 7.26. The van der Waals surface area contributed by atoms with Crippen LogP contribution in [0.4, 0.5) is 19.3 Å². The molecule has 1 fully saturated rings. The normalized spacial score (nSPS) is 17.9. The number of benzene rings is 2. The van der Waals surface area contributed by atoms with Crippen LogP contribution in [0.5, 0.6) is 0 Å². The Kier molecular flexibility index (Phi) is 6.36. The summed E-state index contributed by atoms with van der Waals surface area (Å²) in [5.41, 5.74) is 0.341. The third-order valence-corrected chi connectivity index (χ3v) is 6.32. The minimum Gasteiger partial charge on any atom is -0.319 e. The van der Waals surface area contributed by atoms with Gasteiger partial charge in [0.2, 0.25) is 0 Å². The highest BCUT2D eigenvalue weighted by atomic mass is 35.5. The lowest BCUT2D eigenvalue weighted by Gasteiger charge is -2.42. The van der Waals surface area contributed by atoms with E-state index in [9.17, 15) is 18.4 Å². The van der Waals surface area contributed by atoms with Gasteiger partial charge in [0, 0.05) is 43.8 Å². The average Bonchev–Trinajstić information content (AvgIpc) is 2.77. The molecule has 1 N–H and O–H groups in total. The Bertz CT molecular complexity index is 1280. The van der Waals surface area contributed by atoms with Gasteiger partial charge in [0.15, 0.2) is 0 Å². The second kappa shape index (κ2) is 9.07. The number of hydrogen-bond acceptors (Lipinski definition) is 4. The molecule has 10 heteroatoms. The summed E-state index contributed by atoms with van der Waals surface area (Å²) in [7, 11) is 1.69. The molecule has 7 nitrogen and oxygen atoms in total. The molecule has 2 atom stereocenters. The minimum atomic E-state index is -0.826. The molecule has 1 saturated heterocycles. The van der Waals surface area contributed by atoms with Crippen molar-refractivity contribution in [2.45, 2.75) is 25.9 Å². The molecule has 2 aromatic carbocycles. The van der Waals surface area contributed by atoms with Crippen LogP contribution in [0.15, 0.2) is 41.2 Å². The van der Waals surface area contributed by atoms with Crippen LogP contribution in [-0.2, 0) is 7.05 Å². The van der Waals surface area contributed by atoms with Crippen LogP contribution in [0.3, 0.4) is 0 Å². The molecule has 0 saturated carbocycles. The highest BCUT2D eigenvalue weighted by Crippen LogP contribution is 2.24. The van der Waals surface area contributed by atoms with Gasteiger partial charge in [0.05, 0.1) is 22.6 Å². The fourth-order valence-corrected chi connectivity index (χ4v) is 4.39. The third-order valence-electron chi connectivity index (χ3n) is 6.09. The first-order valence-electron chi connectivity index (χ1n) is 10.6. The van der Waals surface area contributed by atoms with E-state index in [2.05, 4.69) is 10.2 Å². The first-order valence-corrected chi connectivity index (χ1v) is 11.0. The number of nitrogens with zero attached hydrogens (tertiary/aromatic N) is 4. The van der Waals surface area contributed by atoms with Crippen LogP contribution in [0, 0.1) is 11.6 Å². The number of urea groups is 1. The first-order chi connectivity index (χ1) is 15.7. The van der Waals surface area contributed by atoms with Crippen LogP contribution in [-0.4, -0.2) is 51.1 Å². The van der Waals surface area contributed by atoms with Gasteiger partial charge >= 0.3 is 6.03 Å². The largest absolute Gasteiger partial charge is 0.322 e. The molecule has 2 unspecified atom stereocenters. The Morgan fingerprint density at radius 3 is 2.67 bits per heavy atom. The second-order valence-electron chi connectivity index (χ2n) is 8.26. The van der Waals surface area contributed by atoms with Gasteiger partial charge in [-0.15, -0.1) is 0 Å². The Morgan fingerprint density at radius 1 is 1.21 bits per heavy atom. The highest BCUT2D eigenvalue weighted by molar-refractivity contribution is 6.31. The number of hydrogen-bond donors (Lipinski definition) is 1. The smallest absolute Gasteiger partial charge is 0.319 e. The molecule has 2 heterocycles. The van der Waals surface area contributed by atoms with Crippen molar-refractivity contribution in [3.05, 3.63) is 69.2 Å². The highest BCUT2D eigenvalue weighted by Gasteiger charge is 2.32. The van der Waals surface area contributed by atoms with Gasteiger partial charge in [-0.1, -0.05) is 11.6 Å². The van der Waals surface area contributed by atoms with Crippen molar-refractivity contribution in [1.29, 1.82) is 0 Å². The number of carbonyl (C=O) groups is 1. The minimum absolute atomic E-state index is 0.0696. The molecule has 33 heavy (non-hydrogen) atoms. The van der Waals surface area contributed by atoms with E-state index in [1.807, 2.05) is 13.8 Å². The molecule has 3 aromatic rings. The third kappa shape index (κ3) is 4.56. The van der Waals surface area contributed by atoms with Gasteiger partial charge in [-0.05, 0) is 44.2 Å². The standard InChI is InChI=1S/C23H24ClF2N5O2/c1-13-12-30(8-9-31(13)23(33)28-20-7-5-16(25)11-18(20)26)14(2)21-27-19-6-4-15(24)10-17(19)22(32)29(21)3/h4-7,10-11,13-14H,8-9,12H2,1-3H3,(H,28,33). The predicted octanol–water partition coefficient (Wildman–Crippen LogP) is 4.16. The first kappa shape index (κ1) is 23.1. The Hall–Kier alpha value is -3.04. The van der Waals surface area contributed by atoms with E-state index >= 15 is 0 Å². The fraction of sp³-hybridized carbons (Fsp3) is 0.348. The van der Waals surface area contributed by atoms with Gasteiger partial charge in [0.25, 0.3) is 5.56 Å². The lowest BCUT2D eigenvalue weighted by atomic mass is 10.1. The maximum Gasteiger partial charge on any atom is 0.322 e. The molecule has 2 amide bonds. The molecule has 174 valence electrons. The van der Waals surface area contributed by atoms with Crippen LogP contribution in [0.2, 0.25) is 5.02 Å². The zero-order valence-electron chi connectivity index (χ0n) is 18.5. The summed E-state index contributed by atoms with van der Waals surface area (Å²) >= 11 is 6.03. The van der Waals surface area contributed by atoms with Crippen LogP contribution < -0.4 is 10.9 Å². The second-order valence-corrected chi connectivity index (χ2v) is 8.70.